The quantitative estimate of drug-likeness (QED) is 0.748. The maximum atomic E-state index is 12.6. The monoisotopic (exact) mass is 294 g/mol. The minimum Gasteiger partial charge on any atom is -0.339 e. The van der Waals surface area contributed by atoms with E-state index in [1.165, 1.54) is 24.2 Å². The van der Waals surface area contributed by atoms with Crippen molar-refractivity contribution in [2.75, 3.05) is 39.8 Å². The molecule has 2 amide bonds. The van der Waals surface area contributed by atoms with E-state index in [0.717, 1.165) is 39.0 Å². The van der Waals surface area contributed by atoms with Crippen molar-refractivity contribution in [1.29, 1.82) is 0 Å². The maximum Gasteiger partial charge on any atom is 0.228 e. The lowest BCUT2D eigenvalue weighted by atomic mass is 9.94. The molecule has 3 fully saturated rings. The van der Waals surface area contributed by atoms with Crippen LogP contribution in [-0.4, -0.2) is 67.4 Å². The fourth-order valence-corrected chi connectivity index (χ4v) is 4.01. The summed E-state index contributed by atoms with van der Waals surface area (Å²) in [5.74, 6) is 0.340. The molecule has 1 aliphatic carbocycles. The summed E-state index contributed by atoms with van der Waals surface area (Å²) in [6.45, 7) is 4.41. The van der Waals surface area contributed by atoms with Crippen molar-refractivity contribution in [3.8, 4) is 0 Å². The first-order valence-electron chi connectivity index (χ1n) is 8.54. The van der Waals surface area contributed by atoms with Crippen LogP contribution < -0.4 is 4.90 Å². The van der Waals surface area contributed by atoms with Gasteiger partial charge in [-0.25, -0.2) is 0 Å². The Morgan fingerprint density at radius 2 is 1.81 bits per heavy atom. The molecule has 3 aliphatic rings. The van der Waals surface area contributed by atoms with Gasteiger partial charge in [0.05, 0.1) is 39.1 Å². The molecule has 1 saturated carbocycles. The third kappa shape index (κ3) is 3.23. The topological polar surface area (TPSA) is 45.1 Å². The minimum atomic E-state index is -0.0853. The number of hydrogen-bond donors (Lipinski definition) is 1. The summed E-state index contributed by atoms with van der Waals surface area (Å²) in [7, 11) is 2.17. The molecular weight excluding hydrogens is 266 g/mol. The van der Waals surface area contributed by atoms with Crippen LogP contribution in [0.15, 0.2) is 0 Å². The standard InChI is InChI=1S/C16H27N3O2/c1-17-7-9-18(10-8-17)16(21)13-11-15(20)19(12-13)14-5-3-2-4-6-14/h13-14H,2-12H2,1H3/p+1. The highest BCUT2D eigenvalue weighted by atomic mass is 16.2. The van der Waals surface area contributed by atoms with Crippen LogP contribution >= 0.6 is 0 Å². The van der Waals surface area contributed by atoms with Crippen LogP contribution in [0.5, 0.6) is 0 Å². The Hall–Kier alpha value is -1.10. The van der Waals surface area contributed by atoms with Gasteiger partial charge in [-0.3, -0.25) is 9.59 Å². The van der Waals surface area contributed by atoms with Crippen LogP contribution in [0.2, 0.25) is 0 Å². The summed E-state index contributed by atoms with van der Waals surface area (Å²) in [6, 6.07) is 0.404. The summed E-state index contributed by atoms with van der Waals surface area (Å²) in [5, 5.41) is 0. The van der Waals surface area contributed by atoms with Gasteiger partial charge in [-0.05, 0) is 12.8 Å². The van der Waals surface area contributed by atoms with Crippen molar-refractivity contribution in [3.63, 3.8) is 0 Å². The zero-order valence-corrected chi connectivity index (χ0v) is 13.1. The van der Waals surface area contributed by atoms with E-state index in [4.69, 9.17) is 0 Å². The van der Waals surface area contributed by atoms with Crippen molar-refractivity contribution in [3.05, 3.63) is 0 Å². The van der Waals surface area contributed by atoms with Gasteiger partial charge in [0.15, 0.2) is 0 Å². The van der Waals surface area contributed by atoms with E-state index in [1.54, 1.807) is 0 Å². The average molecular weight is 294 g/mol. The van der Waals surface area contributed by atoms with Gasteiger partial charge in [-0.1, -0.05) is 19.3 Å². The second-order valence-corrected chi connectivity index (χ2v) is 7.02. The lowest BCUT2D eigenvalue weighted by Gasteiger charge is -2.33. The molecule has 0 aromatic carbocycles. The van der Waals surface area contributed by atoms with E-state index in [2.05, 4.69) is 7.05 Å². The first-order chi connectivity index (χ1) is 10.1. The molecule has 2 heterocycles. The van der Waals surface area contributed by atoms with E-state index >= 15 is 0 Å². The zero-order chi connectivity index (χ0) is 14.8. The fourth-order valence-electron chi connectivity index (χ4n) is 4.01. The minimum absolute atomic E-state index is 0.0853. The SMILES string of the molecule is C[NH+]1CCN(C(=O)C2CC(=O)N(C3CCCCC3)C2)CC1. The van der Waals surface area contributed by atoms with Crippen molar-refractivity contribution >= 4 is 11.8 Å². The number of carbonyl (C=O) groups excluding carboxylic acids is 2. The van der Waals surface area contributed by atoms with Gasteiger partial charge >= 0.3 is 0 Å². The predicted octanol–water partition coefficient (Wildman–Crippen LogP) is -0.475. The molecule has 5 nitrogen and oxygen atoms in total. The third-order valence-electron chi connectivity index (χ3n) is 5.45. The number of hydrogen-bond acceptors (Lipinski definition) is 2. The smallest absolute Gasteiger partial charge is 0.228 e. The maximum absolute atomic E-state index is 12.6. The Labute approximate surface area is 127 Å². The number of carbonyl (C=O) groups is 2. The van der Waals surface area contributed by atoms with Gasteiger partial charge in [-0.2, -0.15) is 0 Å². The lowest BCUT2D eigenvalue weighted by Crippen LogP contribution is -3.12. The second-order valence-electron chi connectivity index (χ2n) is 7.02. The van der Waals surface area contributed by atoms with Crippen molar-refractivity contribution in [2.24, 2.45) is 5.92 Å². The van der Waals surface area contributed by atoms with Gasteiger partial charge in [-0.15, -0.1) is 0 Å². The van der Waals surface area contributed by atoms with Crippen LogP contribution in [0.4, 0.5) is 0 Å². The summed E-state index contributed by atoms with van der Waals surface area (Å²) in [4.78, 5) is 30.4. The highest BCUT2D eigenvalue weighted by Crippen LogP contribution is 2.29. The summed E-state index contributed by atoms with van der Waals surface area (Å²) >= 11 is 0. The number of rotatable bonds is 2. The highest BCUT2D eigenvalue weighted by molar-refractivity contribution is 5.89. The first kappa shape index (κ1) is 14.8. The van der Waals surface area contributed by atoms with Gasteiger partial charge in [0.1, 0.15) is 0 Å². The normalized spacial score (nSPS) is 29.2. The third-order valence-corrected chi connectivity index (χ3v) is 5.45. The van der Waals surface area contributed by atoms with E-state index in [0.29, 0.717) is 19.0 Å². The lowest BCUT2D eigenvalue weighted by molar-refractivity contribution is -0.883. The van der Waals surface area contributed by atoms with Crippen LogP contribution in [0.1, 0.15) is 38.5 Å². The first-order valence-corrected chi connectivity index (χ1v) is 8.54. The zero-order valence-electron chi connectivity index (χ0n) is 13.1. The number of amides is 2. The molecule has 1 atom stereocenters. The Morgan fingerprint density at radius 1 is 1.14 bits per heavy atom. The van der Waals surface area contributed by atoms with Gasteiger partial charge < -0.3 is 14.7 Å². The van der Waals surface area contributed by atoms with Crippen LogP contribution in [0.25, 0.3) is 0 Å². The van der Waals surface area contributed by atoms with Crippen molar-refractivity contribution in [1.82, 2.24) is 9.80 Å². The van der Waals surface area contributed by atoms with Crippen molar-refractivity contribution < 1.29 is 14.5 Å². The molecule has 1 N–H and O–H groups in total. The van der Waals surface area contributed by atoms with Gasteiger partial charge in [0.25, 0.3) is 0 Å². The largest absolute Gasteiger partial charge is 0.339 e. The number of quaternary nitrogens is 1. The molecule has 3 rings (SSSR count). The summed E-state index contributed by atoms with van der Waals surface area (Å²) in [6.07, 6.45) is 6.46. The Balaban J connectivity index is 1.57. The molecule has 0 spiro atoms. The van der Waals surface area contributed by atoms with E-state index < -0.39 is 0 Å². The predicted molar refractivity (Wildman–Crippen MR) is 79.9 cm³/mol. The number of nitrogens with one attached hydrogen (secondary N) is 1. The molecule has 2 saturated heterocycles. The molecule has 118 valence electrons. The van der Waals surface area contributed by atoms with E-state index in [-0.39, 0.29) is 17.7 Å². The van der Waals surface area contributed by atoms with E-state index in [1.807, 2.05) is 9.80 Å². The fraction of sp³-hybridized carbons (Fsp3) is 0.875. The molecule has 1 unspecified atom stereocenters. The molecule has 0 bridgehead atoms. The molecule has 2 aliphatic heterocycles. The van der Waals surface area contributed by atoms with Crippen molar-refractivity contribution in [2.45, 2.75) is 44.6 Å². The average Bonchev–Trinajstić information content (AvgIpc) is 2.90. The van der Waals surface area contributed by atoms with Crippen LogP contribution in [-0.2, 0) is 9.59 Å². The Bertz CT molecular complexity index is 398. The summed E-state index contributed by atoms with van der Waals surface area (Å²) in [5.41, 5.74) is 0. The van der Waals surface area contributed by atoms with Gasteiger partial charge in [0, 0.05) is 19.0 Å². The van der Waals surface area contributed by atoms with Gasteiger partial charge in [0.2, 0.25) is 11.8 Å². The van der Waals surface area contributed by atoms with Crippen LogP contribution in [0.3, 0.4) is 0 Å². The van der Waals surface area contributed by atoms with Crippen LogP contribution in [0, 0.1) is 5.92 Å². The number of likely N-dealkylation sites (N-methyl/N-ethyl adjacent to an activating group) is 1. The summed E-state index contributed by atoms with van der Waals surface area (Å²) < 4.78 is 0. The van der Waals surface area contributed by atoms with E-state index in [9.17, 15) is 9.59 Å². The molecule has 0 aromatic rings. The molecule has 21 heavy (non-hydrogen) atoms. The molecule has 0 radical (unpaired) electrons. The highest BCUT2D eigenvalue weighted by Gasteiger charge is 2.40. The number of nitrogens with zero attached hydrogens (tertiary/aromatic N) is 2. The number of piperazine rings is 1. The second kappa shape index (κ2) is 6.34. The molecule has 5 heteroatoms. The number of likely N-dealkylation sites (tertiary alicyclic amines) is 1. The Morgan fingerprint density at radius 3 is 2.48 bits per heavy atom. The molecule has 0 aromatic heterocycles. The Kier molecular flexibility index (Phi) is 4.48. The molecular formula is C16H28N3O2+.